The van der Waals surface area contributed by atoms with Gasteiger partial charge in [-0.05, 0) is 18.2 Å². The molecule has 1 aliphatic rings. The van der Waals surface area contributed by atoms with Gasteiger partial charge in [-0.3, -0.25) is 14.4 Å². The summed E-state index contributed by atoms with van der Waals surface area (Å²) in [5.74, 6) is -2.37. The van der Waals surface area contributed by atoms with E-state index in [1.807, 2.05) is 0 Å². The third-order valence-electron chi connectivity index (χ3n) is 2.62. The summed E-state index contributed by atoms with van der Waals surface area (Å²) < 4.78 is 0. The lowest BCUT2D eigenvalue weighted by Gasteiger charge is -2.11. The third kappa shape index (κ3) is 2.09. The van der Waals surface area contributed by atoms with Crippen LogP contribution in [0.25, 0.3) is 0 Å². The number of carbonyl (C=O) groups is 3. The van der Waals surface area contributed by atoms with Gasteiger partial charge in [-0.1, -0.05) is 12.1 Å². The molecule has 2 rings (SSSR count). The van der Waals surface area contributed by atoms with Gasteiger partial charge in [-0.25, -0.2) is 4.90 Å². The lowest BCUT2D eigenvalue weighted by Crippen LogP contribution is -2.28. The molecule has 1 N–H and O–H groups in total. The average Bonchev–Trinajstić information content (AvgIpc) is 2.65. The Morgan fingerprint density at radius 1 is 1.26 bits per heavy atom. The quantitative estimate of drug-likeness (QED) is 0.646. The molecule has 19 heavy (non-hydrogen) atoms. The van der Waals surface area contributed by atoms with Crippen molar-refractivity contribution in [2.45, 2.75) is 6.42 Å². The van der Waals surface area contributed by atoms with E-state index < -0.39 is 24.2 Å². The monoisotopic (exact) mass is 256 g/mol. The maximum absolute atomic E-state index is 12.0. The van der Waals surface area contributed by atoms with Gasteiger partial charge in [0.2, 0.25) is 0 Å². The van der Waals surface area contributed by atoms with Crippen LogP contribution < -0.4 is 0 Å². The van der Waals surface area contributed by atoms with Crippen molar-refractivity contribution >= 4 is 17.8 Å². The van der Waals surface area contributed by atoms with Gasteiger partial charge in [0.1, 0.15) is 11.8 Å². The van der Waals surface area contributed by atoms with Crippen LogP contribution in [-0.2, 0) is 4.79 Å². The first-order chi connectivity index (χ1) is 9.06. The number of hydrogen-bond acceptors (Lipinski definition) is 4. The number of nitriles is 1. The first-order valence-electron chi connectivity index (χ1n) is 5.36. The van der Waals surface area contributed by atoms with Gasteiger partial charge >= 0.3 is 5.97 Å². The molecule has 6 nitrogen and oxygen atoms in total. The summed E-state index contributed by atoms with van der Waals surface area (Å²) in [5, 5.41) is 17.5. The Balaban J connectivity index is 2.41. The third-order valence-corrected chi connectivity index (χ3v) is 2.62. The van der Waals surface area contributed by atoms with Crippen molar-refractivity contribution in [3.05, 3.63) is 47.2 Å². The van der Waals surface area contributed by atoms with Crippen molar-refractivity contribution in [1.82, 2.24) is 4.90 Å². The molecule has 0 fully saturated rings. The normalized spacial score (nSPS) is 14.3. The van der Waals surface area contributed by atoms with Crippen molar-refractivity contribution in [3.8, 4) is 6.07 Å². The zero-order chi connectivity index (χ0) is 14.0. The summed E-state index contributed by atoms with van der Waals surface area (Å²) in [5.41, 5.74) is 0.154. The number of fused-ring (bicyclic) bond motifs is 1. The van der Waals surface area contributed by atoms with Gasteiger partial charge < -0.3 is 5.11 Å². The molecule has 94 valence electrons. The molecule has 0 saturated carbocycles. The second kappa shape index (κ2) is 4.74. The van der Waals surface area contributed by atoms with Crippen LogP contribution in [-0.4, -0.2) is 27.8 Å². The van der Waals surface area contributed by atoms with E-state index in [0.717, 1.165) is 6.08 Å². The molecule has 0 bridgehead atoms. The number of nitrogens with zero attached hydrogens (tertiary/aromatic N) is 2. The molecule has 1 aromatic carbocycles. The number of carbonyl (C=O) groups excluding carboxylic acids is 2. The molecule has 0 aliphatic carbocycles. The van der Waals surface area contributed by atoms with Crippen LogP contribution in [0.3, 0.4) is 0 Å². The van der Waals surface area contributed by atoms with Crippen molar-refractivity contribution in [3.63, 3.8) is 0 Å². The highest BCUT2D eigenvalue weighted by molar-refractivity contribution is 6.22. The van der Waals surface area contributed by atoms with E-state index in [1.54, 1.807) is 18.2 Å². The van der Waals surface area contributed by atoms with E-state index in [9.17, 15) is 14.4 Å². The van der Waals surface area contributed by atoms with Crippen molar-refractivity contribution in [2.24, 2.45) is 0 Å². The molecule has 6 heteroatoms. The van der Waals surface area contributed by atoms with Gasteiger partial charge in [0.25, 0.3) is 11.8 Å². The molecule has 2 amide bonds. The number of rotatable bonds is 3. The molecule has 0 spiro atoms. The first-order valence-corrected chi connectivity index (χ1v) is 5.36. The second-order valence-corrected chi connectivity index (χ2v) is 3.79. The van der Waals surface area contributed by atoms with E-state index in [1.165, 1.54) is 12.1 Å². The summed E-state index contributed by atoms with van der Waals surface area (Å²) in [6.45, 7) is 0. The van der Waals surface area contributed by atoms with Crippen LogP contribution in [0.1, 0.15) is 27.1 Å². The Kier molecular flexibility index (Phi) is 3.12. The predicted molar refractivity (Wildman–Crippen MR) is 62.9 cm³/mol. The Morgan fingerprint density at radius 2 is 1.79 bits per heavy atom. The van der Waals surface area contributed by atoms with Crippen LogP contribution in [0, 0.1) is 11.3 Å². The minimum Gasteiger partial charge on any atom is -0.481 e. The van der Waals surface area contributed by atoms with Crippen LogP contribution in [0.5, 0.6) is 0 Å². The SMILES string of the molecule is N#C/C(=C\CC(=O)O)N1C(=O)c2ccccc2C1=O. The van der Waals surface area contributed by atoms with Gasteiger partial charge in [0, 0.05) is 0 Å². The number of allylic oxidation sites excluding steroid dienone is 1. The first kappa shape index (κ1) is 12.5. The molecule has 0 atom stereocenters. The minimum atomic E-state index is -1.15. The van der Waals surface area contributed by atoms with E-state index in [-0.39, 0.29) is 16.8 Å². The average molecular weight is 256 g/mol. The highest BCUT2D eigenvalue weighted by Gasteiger charge is 2.37. The van der Waals surface area contributed by atoms with Gasteiger partial charge in [-0.15, -0.1) is 0 Å². The number of benzene rings is 1. The van der Waals surface area contributed by atoms with Crippen LogP contribution in [0.4, 0.5) is 0 Å². The standard InChI is InChI=1S/C13H8N2O4/c14-7-8(5-6-11(16)17)15-12(18)9-3-1-2-4-10(9)13(15)19/h1-5H,6H2,(H,16,17)/b8-5+. The smallest absolute Gasteiger partial charge is 0.307 e. The molecule has 0 unspecified atom stereocenters. The Morgan fingerprint density at radius 3 is 2.21 bits per heavy atom. The number of carboxylic acid groups (broad SMARTS) is 1. The molecule has 0 saturated heterocycles. The Hall–Kier alpha value is -2.94. The molecular weight excluding hydrogens is 248 g/mol. The topological polar surface area (TPSA) is 98.5 Å². The van der Waals surface area contributed by atoms with Crippen molar-refractivity contribution in [2.75, 3.05) is 0 Å². The summed E-state index contributed by atoms with van der Waals surface area (Å²) in [6.07, 6.45) is 0.611. The maximum atomic E-state index is 12.0. The number of imide groups is 1. The summed E-state index contributed by atoms with van der Waals surface area (Å²) >= 11 is 0. The Bertz CT molecular complexity index is 620. The maximum Gasteiger partial charge on any atom is 0.307 e. The number of carboxylic acids is 1. The van der Waals surface area contributed by atoms with E-state index in [4.69, 9.17) is 10.4 Å². The highest BCUT2D eigenvalue weighted by Crippen LogP contribution is 2.25. The molecule has 1 heterocycles. The second-order valence-electron chi connectivity index (χ2n) is 3.79. The highest BCUT2D eigenvalue weighted by atomic mass is 16.4. The molecule has 1 aromatic rings. The summed E-state index contributed by atoms with van der Waals surface area (Å²) in [6, 6.07) is 7.88. The zero-order valence-corrected chi connectivity index (χ0v) is 9.66. The van der Waals surface area contributed by atoms with E-state index in [2.05, 4.69) is 0 Å². The fourth-order valence-corrected chi connectivity index (χ4v) is 1.78. The Labute approximate surface area is 108 Å². The summed E-state index contributed by atoms with van der Waals surface area (Å²) in [7, 11) is 0. The van der Waals surface area contributed by atoms with E-state index in [0.29, 0.717) is 4.90 Å². The predicted octanol–water partition coefficient (Wildman–Crippen LogP) is 1.16. The molecule has 1 aliphatic heterocycles. The van der Waals surface area contributed by atoms with E-state index >= 15 is 0 Å². The lowest BCUT2D eigenvalue weighted by molar-refractivity contribution is -0.136. The zero-order valence-electron chi connectivity index (χ0n) is 9.66. The van der Waals surface area contributed by atoms with Crippen LogP contribution in [0.2, 0.25) is 0 Å². The van der Waals surface area contributed by atoms with Crippen molar-refractivity contribution in [1.29, 1.82) is 5.26 Å². The summed E-state index contributed by atoms with van der Waals surface area (Å²) in [4.78, 5) is 35.2. The fraction of sp³-hybridized carbons (Fsp3) is 0.0769. The van der Waals surface area contributed by atoms with Gasteiger partial charge in [0.15, 0.2) is 0 Å². The number of amides is 2. The molecular formula is C13H8N2O4. The van der Waals surface area contributed by atoms with Gasteiger partial charge in [-0.2, -0.15) is 5.26 Å². The van der Waals surface area contributed by atoms with Gasteiger partial charge in [0.05, 0.1) is 17.5 Å². The molecule has 0 radical (unpaired) electrons. The largest absolute Gasteiger partial charge is 0.481 e. The van der Waals surface area contributed by atoms with Crippen LogP contribution in [0.15, 0.2) is 36.0 Å². The van der Waals surface area contributed by atoms with Crippen molar-refractivity contribution < 1.29 is 19.5 Å². The minimum absolute atomic E-state index is 0.212. The lowest BCUT2D eigenvalue weighted by atomic mass is 10.1. The number of hydrogen-bond donors (Lipinski definition) is 1. The van der Waals surface area contributed by atoms with Crippen LogP contribution >= 0.6 is 0 Å². The fourth-order valence-electron chi connectivity index (χ4n) is 1.78. The number of aliphatic carboxylic acids is 1. The molecule has 0 aromatic heterocycles.